The van der Waals surface area contributed by atoms with Crippen molar-refractivity contribution in [2.24, 2.45) is 0 Å². The molecule has 264 valence electrons. The number of fused-ring (bicyclic) bond motifs is 5. The van der Waals surface area contributed by atoms with E-state index >= 15 is 0 Å². The molecule has 5 aromatic carbocycles. The minimum Gasteiger partial charge on any atom is -0.355 e. The second kappa shape index (κ2) is 13.5. The molecule has 0 heterocycles. The summed E-state index contributed by atoms with van der Waals surface area (Å²) in [5.74, 6) is 0.312. The summed E-state index contributed by atoms with van der Waals surface area (Å²) < 4.78 is 0. The molecule has 0 aliphatic heterocycles. The van der Waals surface area contributed by atoms with Gasteiger partial charge >= 0.3 is 0 Å². The van der Waals surface area contributed by atoms with Crippen LogP contribution in [0.2, 0.25) is 0 Å². The molecule has 1 atom stereocenters. The summed E-state index contributed by atoms with van der Waals surface area (Å²) in [6.45, 7) is 15.6. The Labute approximate surface area is 320 Å². The van der Waals surface area contributed by atoms with E-state index in [0.717, 1.165) is 42.6 Å². The summed E-state index contributed by atoms with van der Waals surface area (Å²) in [5.41, 5.74) is 20.8. The van der Waals surface area contributed by atoms with Gasteiger partial charge in [-0.15, -0.1) is 6.58 Å². The lowest BCUT2D eigenvalue weighted by atomic mass is 9.75. The van der Waals surface area contributed by atoms with Gasteiger partial charge in [-0.25, -0.2) is 0 Å². The molecule has 0 amide bonds. The van der Waals surface area contributed by atoms with Crippen molar-refractivity contribution in [2.45, 2.75) is 57.8 Å². The highest BCUT2D eigenvalue weighted by molar-refractivity contribution is 6.10. The van der Waals surface area contributed by atoms with E-state index in [1.54, 1.807) is 0 Å². The normalized spacial score (nSPS) is 18.1. The van der Waals surface area contributed by atoms with Crippen molar-refractivity contribution in [3.8, 4) is 0 Å². The molecule has 9 rings (SSSR count). The smallest absolute Gasteiger partial charge is 0.0464 e. The molecule has 5 aromatic rings. The van der Waals surface area contributed by atoms with Crippen molar-refractivity contribution in [3.63, 3.8) is 0 Å². The van der Waals surface area contributed by atoms with Crippen LogP contribution >= 0.6 is 0 Å². The summed E-state index contributed by atoms with van der Waals surface area (Å²) >= 11 is 0. The molecule has 4 aliphatic carbocycles. The lowest BCUT2D eigenvalue weighted by Gasteiger charge is -2.29. The molecule has 0 spiro atoms. The van der Waals surface area contributed by atoms with Crippen LogP contribution in [0.5, 0.6) is 0 Å². The molecule has 54 heavy (non-hydrogen) atoms. The van der Waals surface area contributed by atoms with Crippen LogP contribution < -0.4 is 5.32 Å². The number of rotatable bonds is 9. The Bertz CT molecular complexity index is 2590. The van der Waals surface area contributed by atoms with Crippen LogP contribution in [0.4, 0.5) is 11.4 Å². The minimum absolute atomic E-state index is 0.191. The Hall–Kier alpha value is -5.92. The van der Waals surface area contributed by atoms with Gasteiger partial charge in [0.1, 0.15) is 0 Å². The third-order valence-corrected chi connectivity index (χ3v) is 12.2. The third-order valence-electron chi connectivity index (χ3n) is 12.2. The molecule has 0 bridgehead atoms. The van der Waals surface area contributed by atoms with Gasteiger partial charge in [-0.1, -0.05) is 172 Å². The quantitative estimate of drug-likeness (QED) is 0.119. The molecule has 0 saturated heterocycles. The zero-order valence-electron chi connectivity index (χ0n) is 31.7. The maximum atomic E-state index is 4.49. The zero-order valence-corrected chi connectivity index (χ0v) is 31.7. The number of hydrogen-bond donors (Lipinski definition) is 1. The predicted molar refractivity (Wildman–Crippen MR) is 233 cm³/mol. The van der Waals surface area contributed by atoms with Crippen molar-refractivity contribution in [1.82, 2.24) is 0 Å². The Morgan fingerprint density at radius 3 is 2.30 bits per heavy atom. The first-order chi connectivity index (χ1) is 26.4. The largest absolute Gasteiger partial charge is 0.355 e. The Balaban J connectivity index is 1.15. The van der Waals surface area contributed by atoms with E-state index in [4.69, 9.17) is 0 Å². The first-order valence-electron chi connectivity index (χ1n) is 19.5. The van der Waals surface area contributed by atoms with Gasteiger partial charge < -0.3 is 5.32 Å². The van der Waals surface area contributed by atoms with Gasteiger partial charge in [0.2, 0.25) is 0 Å². The van der Waals surface area contributed by atoms with Crippen molar-refractivity contribution in [2.75, 3.05) is 5.32 Å². The van der Waals surface area contributed by atoms with Crippen LogP contribution in [0, 0.1) is 0 Å². The fourth-order valence-electron chi connectivity index (χ4n) is 9.66. The molecular formula is C53H47N. The topological polar surface area (TPSA) is 12.0 Å². The fraction of sp³-hybridized carbons (Fsp3) is 0.170. The number of allylic oxidation sites excluding steroid dienone is 14. The average molecular weight is 698 g/mol. The first kappa shape index (κ1) is 33.9. The highest BCUT2D eigenvalue weighted by Gasteiger charge is 2.40. The summed E-state index contributed by atoms with van der Waals surface area (Å²) in [7, 11) is 0. The lowest BCUT2D eigenvalue weighted by molar-refractivity contribution is 0.657. The van der Waals surface area contributed by atoms with Crippen LogP contribution in [0.25, 0.3) is 33.1 Å². The summed E-state index contributed by atoms with van der Waals surface area (Å²) in [4.78, 5) is 0. The highest BCUT2D eigenvalue weighted by Crippen LogP contribution is 2.56. The summed E-state index contributed by atoms with van der Waals surface area (Å²) in [6.07, 6.45) is 17.5. The van der Waals surface area contributed by atoms with Crippen molar-refractivity contribution < 1.29 is 0 Å². The number of anilines is 2. The van der Waals surface area contributed by atoms with Crippen molar-refractivity contribution in [1.29, 1.82) is 0 Å². The van der Waals surface area contributed by atoms with Gasteiger partial charge in [0.15, 0.2) is 0 Å². The molecule has 1 N–H and O–H groups in total. The fourth-order valence-corrected chi connectivity index (χ4v) is 9.66. The highest BCUT2D eigenvalue weighted by atomic mass is 14.9. The maximum absolute atomic E-state index is 4.49. The monoisotopic (exact) mass is 697 g/mol. The predicted octanol–water partition coefficient (Wildman–Crippen LogP) is 14.5. The molecule has 0 aromatic heterocycles. The molecule has 0 radical (unpaired) electrons. The standard InChI is InChI=1S/C53H47N/c1-6-18-46-40-22-14-16-27-48(40)53(4,5)52(46)47(33-34(3)7-2)42-24-15-17-28-49(42)54-50-32-31-38(35-19-10-11-23-41(35)50)39-29-30-45-37-21-9-8-20-36(37)43-25-12-13-26-44(39)51(43)45/h6,8-17,19-25,27-28,30-33,39,54H,1,3,7,18,26,29H2,2,4-5H3/b47-33-. The van der Waals surface area contributed by atoms with Gasteiger partial charge in [0.05, 0.1) is 0 Å². The minimum atomic E-state index is -0.191. The molecule has 0 fully saturated rings. The van der Waals surface area contributed by atoms with Crippen LogP contribution in [0.1, 0.15) is 85.8 Å². The number of para-hydroxylation sites is 1. The lowest BCUT2D eigenvalue weighted by Crippen LogP contribution is -2.19. The maximum Gasteiger partial charge on any atom is 0.0464 e. The summed E-state index contributed by atoms with van der Waals surface area (Å²) in [6, 6.07) is 40.3. The van der Waals surface area contributed by atoms with E-state index in [2.05, 4.69) is 179 Å². The number of benzene rings is 5. The van der Waals surface area contributed by atoms with Gasteiger partial charge in [0.25, 0.3) is 0 Å². The molecule has 0 saturated carbocycles. The van der Waals surface area contributed by atoms with Crippen LogP contribution in [-0.2, 0) is 5.41 Å². The third kappa shape index (κ3) is 5.37. The molecule has 1 heteroatoms. The molecular weight excluding hydrogens is 651 g/mol. The van der Waals surface area contributed by atoms with Crippen molar-refractivity contribution >= 4 is 44.4 Å². The van der Waals surface area contributed by atoms with E-state index in [1.807, 2.05) is 6.08 Å². The van der Waals surface area contributed by atoms with Gasteiger partial charge in [-0.3, -0.25) is 0 Å². The number of nitrogens with one attached hydrogen (secondary N) is 1. The zero-order chi connectivity index (χ0) is 37.0. The molecule has 1 unspecified atom stereocenters. The van der Waals surface area contributed by atoms with E-state index in [-0.39, 0.29) is 5.41 Å². The Morgan fingerprint density at radius 2 is 1.50 bits per heavy atom. The molecule has 4 aliphatic rings. The number of hydrogen-bond acceptors (Lipinski definition) is 1. The van der Waals surface area contributed by atoms with E-state index < -0.39 is 0 Å². The van der Waals surface area contributed by atoms with Gasteiger partial charge in [-0.2, -0.15) is 0 Å². The van der Waals surface area contributed by atoms with Crippen LogP contribution in [0.3, 0.4) is 0 Å². The van der Waals surface area contributed by atoms with E-state index in [9.17, 15) is 0 Å². The van der Waals surface area contributed by atoms with Gasteiger partial charge in [0, 0.05) is 33.7 Å². The Kier molecular flexibility index (Phi) is 8.47. The first-order valence-corrected chi connectivity index (χ1v) is 19.5. The van der Waals surface area contributed by atoms with Gasteiger partial charge in [-0.05, 0) is 104 Å². The van der Waals surface area contributed by atoms with E-state index in [1.165, 1.54) is 83.2 Å². The second-order valence-electron chi connectivity index (χ2n) is 15.6. The Morgan fingerprint density at radius 1 is 0.796 bits per heavy atom. The van der Waals surface area contributed by atoms with Crippen LogP contribution in [-0.4, -0.2) is 0 Å². The average Bonchev–Trinajstić information content (AvgIpc) is 3.50. The van der Waals surface area contributed by atoms with Crippen LogP contribution in [0.15, 0.2) is 181 Å². The molecule has 1 nitrogen and oxygen atoms in total. The SMILES string of the molecule is C=CCC1=C(/C(=C\C(=C)CC)c2ccccc2Nc2ccc(C3CC=C4C5=C3CC=CC=C5c3ccccc34)c3ccccc23)C(C)(C)c2ccccc21. The summed E-state index contributed by atoms with van der Waals surface area (Å²) in [5, 5.41) is 6.53. The van der Waals surface area contributed by atoms with Crippen molar-refractivity contribution in [3.05, 3.63) is 214 Å². The van der Waals surface area contributed by atoms with E-state index in [0.29, 0.717) is 5.92 Å². The second-order valence-corrected chi connectivity index (χ2v) is 15.6.